The monoisotopic (exact) mass is 473 g/mol. The molecule has 3 aromatic rings. The molecule has 0 aromatic heterocycles. The predicted octanol–water partition coefficient (Wildman–Crippen LogP) is 4.24. The third kappa shape index (κ3) is 4.71. The van der Waals surface area contributed by atoms with E-state index in [0.717, 1.165) is 0 Å². The lowest BCUT2D eigenvalue weighted by atomic mass is 10.1. The SMILES string of the molecule is O=C(c1ccc(NS(=O)(=O)c2ccccc2)c(Cl)c1)N1CCN(c2ccccc2F)CC1. The maximum atomic E-state index is 14.0. The average molecular weight is 474 g/mol. The van der Waals surface area contributed by atoms with Gasteiger partial charge in [-0.05, 0) is 42.5 Å². The molecule has 0 atom stereocenters. The van der Waals surface area contributed by atoms with Crippen molar-refractivity contribution >= 4 is 38.9 Å². The summed E-state index contributed by atoms with van der Waals surface area (Å²) in [4.78, 5) is 16.6. The summed E-state index contributed by atoms with van der Waals surface area (Å²) in [5.41, 5.74) is 1.08. The first-order valence-electron chi connectivity index (χ1n) is 10.0. The maximum Gasteiger partial charge on any atom is 0.261 e. The number of carbonyl (C=O) groups is 1. The molecule has 1 heterocycles. The van der Waals surface area contributed by atoms with Gasteiger partial charge in [0.15, 0.2) is 0 Å². The van der Waals surface area contributed by atoms with Gasteiger partial charge in [-0.2, -0.15) is 0 Å². The molecule has 0 unspecified atom stereocenters. The summed E-state index contributed by atoms with van der Waals surface area (Å²) in [6.07, 6.45) is 0. The zero-order valence-electron chi connectivity index (χ0n) is 17.0. The van der Waals surface area contributed by atoms with Crippen LogP contribution in [0, 0.1) is 5.82 Å². The number of nitrogens with one attached hydrogen (secondary N) is 1. The Labute approximate surface area is 191 Å². The van der Waals surface area contributed by atoms with Crippen molar-refractivity contribution in [3.05, 3.63) is 89.2 Å². The van der Waals surface area contributed by atoms with Gasteiger partial charge in [0.05, 0.1) is 21.3 Å². The summed E-state index contributed by atoms with van der Waals surface area (Å²) in [5, 5.41) is 0.125. The number of anilines is 2. The normalized spacial score (nSPS) is 14.3. The molecule has 32 heavy (non-hydrogen) atoms. The molecule has 3 aromatic carbocycles. The van der Waals surface area contributed by atoms with E-state index >= 15 is 0 Å². The van der Waals surface area contributed by atoms with E-state index in [9.17, 15) is 17.6 Å². The first-order valence-corrected chi connectivity index (χ1v) is 11.9. The summed E-state index contributed by atoms with van der Waals surface area (Å²) in [7, 11) is -3.79. The van der Waals surface area contributed by atoms with E-state index < -0.39 is 10.0 Å². The van der Waals surface area contributed by atoms with Crippen LogP contribution >= 0.6 is 11.6 Å². The Kier molecular flexibility index (Phi) is 6.34. The number of carbonyl (C=O) groups excluding carboxylic acids is 1. The zero-order chi connectivity index (χ0) is 22.7. The lowest BCUT2D eigenvalue weighted by Crippen LogP contribution is -2.49. The molecular formula is C23H21ClFN3O3S. The number of nitrogens with zero attached hydrogens (tertiary/aromatic N) is 2. The van der Waals surface area contributed by atoms with Crippen LogP contribution in [0.5, 0.6) is 0 Å². The highest BCUT2D eigenvalue weighted by Gasteiger charge is 2.24. The summed E-state index contributed by atoms with van der Waals surface area (Å²) in [6.45, 7) is 1.89. The number of benzene rings is 3. The van der Waals surface area contributed by atoms with Crippen LogP contribution in [0.25, 0.3) is 0 Å². The molecule has 1 aliphatic rings. The van der Waals surface area contributed by atoms with Crippen molar-refractivity contribution in [2.24, 2.45) is 0 Å². The summed E-state index contributed by atoms with van der Waals surface area (Å²) < 4.78 is 41.5. The molecule has 0 aliphatic carbocycles. The quantitative estimate of drug-likeness (QED) is 0.601. The van der Waals surface area contributed by atoms with Crippen LogP contribution in [-0.2, 0) is 10.0 Å². The number of rotatable bonds is 5. The molecule has 166 valence electrons. The standard InChI is InChI=1S/C23H21ClFN3O3S/c24-19-16-17(10-11-21(19)26-32(30,31)18-6-2-1-3-7-18)23(29)28-14-12-27(13-15-28)22-9-5-4-8-20(22)25/h1-11,16,26H,12-15H2. The molecule has 1 amide bonds. The summed E-state index contributed by atoms with van der Waals surface area (Å²) in [5.74, 6) is -0.495. The third-order valence-electron chi connectivity index (χ3n) is 5.27. The Bertz CT molecular complexity index is 1230. The van der Waals surface area contributed by atoms with Gasteiger partial charge in [0.2, 0.25) is 0 Å². The maximum absolute atomic E-state index is 14.0. The minimum atomic E-state index is -3.79. The Morgan fingerprint density at radius 2 is 1.56 bits per heavy atom. The van der Waals surface area contributed by atoms with E-state index in [4.69, 9.17) is 11.6 Å². The van der Waals surface area contributed by atoms with E-state index in [1.807, 2.05) is 4.90 Å². The van der Waals surface area contributed by atoms with Crippen molar-refractivity contribution in [1.29, 1.82) is 0 Å². The molecule has 0 saturated carbocycles. The molecule has 0 spiro atoms. The van der Waals surface area contributed by atoms with E-state index in [2.05, 4.69) is 4.72 Å². The topological polar surface area (TPSA) is 69.7 Å². The predicted molar refractivity (Wildman–Crippen MR) is 123 cm³/mol. The molecule has 4 rings (SSSR count). The first kappa shape index (κ1) is 22.1. The van der Waals surface area contributed by atoms with Gasteiger partial charge in [0.25, 0.3) is 15.9 Å². The third-order valence-corrected chi connectivity index (χ3v) is 6.97. The number of hydrogen-bond acceptors (Lipinski definition) is 4. The Morgan fingerprint density at radius 3 is 2.22 bits per heavy atom. The second-order valence-electron chi connectivity index (χ2n) is 7.34. The minimum absolute atomic E-state index is 0.115. The highest BCUT2D eigenvalue weighted by atomic mass is 35.5. The van der Waals surface area contributed by atoms with Gasteiger partial charge in [0.1, 0.15) is 5.82 Å². The Hall–Kier alpha value is -3.10. The molecule has 1 aliphatic heterocycles. The molecular weight excluding hydrogens is 453 g/mol. The summed E-state index contributed by atoms with van der Waals surface area (Å²) in [6, 6.07) is 19.0. The first-order chi connectivity index (χ1) is 15.3. The van der Waals surface area contributed by atoms with E-state index in [0.29, 0.717) is 37.4 Å². The molecule has 0 bridgehead atoms. The molecule has 1 fully saturated rings. The highest BCUT2D eigenvalue weighted by molar-refractivity contribution is 7.92. The van der Waals surface area contributed by atoms with Crippen molar-refractivity contribution in [2.45, 2.75) is 4.90 Å². The van der Waals surface area contributed by atoms with Gasteiger partial charge >= 0.3 is 0 Å². The average Bonchev–Trinajstić information content (AvgIpc) is 2.81. The van der Waals surface area contributed by atoms with Crippen LogP contribution in [0.2, 0.25) is 5.02 Å². The fourth-order valence-corrected chi connectivity index (χ4v) is 4.96. The molecule has 1 saturated heterocycles. The van der Waals surface area contributed by atoms with E-state index in [1.165, 1.54) is 30.3 Å². The van der Waals surface area contributed by atoms with Crippen molar-refractivity contribution in [3.63, 3.8) is 0 Å². The van der Waals surface area contributed by atoms with Crippen LogP contribution in [0.4, 0.5) is 15.8 Å². The zero-order valence-corrected chi connectivity index (χ0v) is 18.6. The molecule has 1 N–H and O–H groups in total. The number of piperazine rings is 1. The second-order valence-corrected chi connectivity index (χ2v) is 9.43. The van der Waals surface area contributed by atoms with Gasteiger partial charge in [-0.1, -0.05) is 41.9 Å². The van der Waals surface area contributed by atoms with Gasteiger partial charge < -0.3 is 9.80 Å². The van der Waals surface area contributed by atoms with Crippen molar-refractivity contribution in [3.8, 4) is 0 Å². The number of sulfonamides is 1. The fraction of sp³-hybridized carbons (Fsp3) is 0.174. The van der Waals surface area contributed by atoms with E-state index in [1.54, 1.807) is 47.4 Å². The van der Waals surface area contributed by atoms with Gasteiger partial charge in [-0.25, -0.2) is 12.8 Å². The molecule has 6 nitrogen and oxygen atoms in total. The van der Waals surface area contributed by atoms with Crippen molar-refractivity contribution < 1.29 is 17.6 Å². The van der Waals surface area contributed by atoms with Gasteiger partial charge in [-0.3, -0.25) is 9.52 Å². The summed E-state index contributed by atoms with van der Waals surface area (Å²) >= 11 is 6.28. The van der Waals surface area contributed by atoms with Gasteiger partial charge in [0, 0.05) is 31.7 Å². The van der Waals surface area contributed by atoms with Crippen LogP contribution in [-0.4, -0.2) is 45.4 Å². The lowest BCUT2D eigenvalue weighted by Gasteiger charge is -2.36. The Morgan fingerprint density at radius 1 is 0.906 bits per heavy atom. The van der Waals surface area contributed by atoms with Crippen LogP contribution in [0.3, 0.4) is 0 Å². The second kappa shape index (κ2) is 9.18. The highest BCUT2D eigenvalue weighted by Crippen LogP contribution is 2.27. The number of para-hydroxylation sites is 1. The van der Waals surface area contributed by atoms with Gasteiger partial charge in [-0.15, -0.1) is 0 Å². The van der Waals surface area contributed by atoms with Crippen molar-refractivity contribution in [1.82, 2.24) is 4.90 Å². The molecule has 9 heteroatoms. The number of amides is 1. The van der Waals surface area contributed by atoms with Crippen molar-refractivity contribution in [2.75, 3.05) is 35.8 Å². The molecule has 0 radical (unpaired) electrons. The number of halogens is 2. The lowest BCUT2D eigenvalue weighted by molar-refractivity contribution is 0.0746. The van der Waals surface area contributed by atoms with Crippen LogP contribution < -0.4 is 9.62 Å². The number of hydrogen-bond donors (Lipinski definition) is 1. The minimum Gasteiger partial charge on any atom is -0.366 e. The van der Waals surface area contributed by atoms with Crippen LogP contribution in [0.15, 0.2) is 77.7 Å². The Balaban J connectivity index is 1.43. The van der Waals surface area contributed by atoms with Crippen LogP contribution in [0.1, 0.15) is 10.4 Å². The smallest absolute Gasteiger partial charge is 0.261 e. The largest absolute Gasteiger partial charge is 0.366 e. The fourth-order valence-electron chi connectivity index (χ4n) is 3.58. The van der Waals surface area contributed by atoms with E-state index in [-0.39, 0.29) is 27.3 Å².